The van der Waals surface area contributed by atoms with E-state index in [-0.39, 0.29) is 17.9 Å². The Morgan fingerprint density at radius 1 is 1.15 bits per heavy atom. The summed E-state index contributed by atoms with van der Waals surface area (Å²) in [7, 11) is 1.65. The van der Waals surface area contributed by atoms with Crippen molar-refractivity contribution in [3.05, 3.63) is 51.7 Å². The van der Waals surface area contributed by atoms with Gasteiger partial charge in [0.25, 0.3) is 5.56 Å². The number of H-pyrrole nitrogens is 1. The van der Waals surface area contributed by atoms with Gasteiger partial charge in [-0.3, -0.25) is 9.59 Å². The average Bonchev–Trinajstić information content (AvgIpc) is 2.64. The maximum Gasteiger partial charge on any atom is 0.254 e. The summed E-state index contributed by atoms with van der Waals surface area (Å²) in [5.41, 5.74) is 1.97. The molecule has 1 amide bonds. The average molecular weight is 356 g/mol. The lowest BCUT2D eigenvalue weighted by Gasteiger charge is -2.36. The summed E-state index contributed by atoms with van der Waals surface area (Å²) >= 11 is 0. The van der Waals surface area contributed by atoms with Gasteiger partial charge in [0.05, 0.1) is 13.5 Å². The fourth-order valence-electron chi connectivity index (χ4n) is 3.23. The Hall–Kier alpha value is -2.83. The van der Waals surface area contributed by atoms with Crippen molar-refractivity contribution in [1.82, 2.24) is 14.9 Å². The minimum atomic E-state index is -0.222. The van der Waals surface area contributed by atoms with E-state index in [0.29, 0.717) is 30.2 Å². The standard InChI is InChI=1S/C19H24N4O3/c1-13-17(19(25)21-14(2)20-13)12-18(24)23-10-8-22(9-11-23)15-4-6-16(26-3)7-5-15/h4-7H,8-12H2,1-3H3,(H,20,21,25). The van der Waals surface area contributed by atoms with Crippen LogP contribution in [0.4, 0.5) is 5.69 Å². The van der Waals surface area contributed by atoms with E-state index in [2.05, 4.69) is 14.9 Å². The van der Waals surface area contributed by atoms with Crippen LogP contribution >= 0.6 is 0 Å². The van der Waals surface area contributed by atoms with Crippen LogP contribution in [-0.4, -0.2) is 54.1 Å². The van der Waals surface area contributed by atoms with Crippen molar-refractivity contribution in [2.24, 2.45) is 0 Å². The molecular weight excluding hydrogens is 332 g/mol. The number of hydrogen-bond acceptors (Lipinski definition) is 5. The van der Waals surface area contributed by atoms with Crippen molar-refractivity contribution >= 4 is 11.6 Å². The van der Waals surface area contributed by atoms with Crippen LogP contribution in [0.5, 0.6) is 5.75 Å². The van der Waals surface area contributed by atoms with E-state index in [1.807, 2.05) is 29.2 Å². The third-order valence-corrected chi connectivity index (χ3v) is 4.74. The highest BCUT2D eigenvalue weighted by molar-refractivity contribution is 5.79. The molecule has 1 saturated heterocycles. The van der Waals surface area contributed by atoms with E-state index in [4.69, 9.17) is 4.74 Å². The first-order valence-corrected chi connectivity index (χ1v) is 8.71. The predicted octanol–water partition coefficient (Wildman–Crippen LogP) is 1.29. The second-order valence-corrected chi connectivity index (χ2v) is 6.46. The predicted molar refractivity (Wildman–Crippen MR) is 99.8 cm³/mol. The Bertz CT molecular complexity index is 837. The summed E-state index contributed by atoms with van der Waals surface area (Å²) in [6, 6.07) is 7.92. The molecule has 2 heterocycles. The van der Waals surface area contributed by atoms with Crippen LogP contribution < -0.4 is 15.2 Å². The van der Waals surface area contributed by atoms with Gasteiger partial charge in [-0.2, -0.15) is 0 Å². The molecule has 0 aliphatic carbocycles. The normalized spacial score (nSPS) is 14.4. The molecule has 2 aromatic rings. The number of aromatic nitrogens is 2. The number of hydrogen-bond donors (Lipinski definition) is 1. The van der Waals surface area contributed by atoms with Gasteiger partial charge in [0, 0.05) is 43.1 Å². The maximum absolute atomic E-state index is 12.6. The number of ether oxygens (including phenoxy) is 1. The molecule has 1 aliphatic heterocycles. The van der Waals surface area contributed by atoms with Crippen LogP contribution in [0.1, 0.15) is 17.1 Å². The van der Waals surface area contributed by atoms with Gasteiger partial charge in [-0.15, -0.1) is 0 Å². The van der Waals surface area contributed by atoms with Crippen molar-refractivity contribution in [2.75, 3.05) is 38.2 Å². The van der Waals surface area contributed by atoms with E-state index in [1.54, 1.807) is 21.0 Å². The van der Waals surface area contributed by atoms with E-state index >= 15 is 0 Å². The molecule has 1 aliphatic rings. The number of piperazine rings is 1. The number of benzene rings is 1. The molecular formula is C19H24N4O3. The van der Waals surface area contributed by atoms with Crippen molar-refractivity contribution in [3.8, 4) is 5.75 Å². The van der Waals surface area contributed by atoms with E-state index in [9.17, 15) is 9.59 Å². The van der Waals surface area contributed by atoms with E-state index < -0.39 is 0 Å². The molecule has 138 valence electrons. The lowest BCUT2D eigenvalue weighted by molar-refractivity contribution is -0.130. The Morgan fingerprint density at radius 3 is 2.38 bits per heavy atom. The van der Waals surface area contributed by atoms with Gasteiger partial charge in [0.1, 0.15) is 11.6 Å². The fourth-order valence-corrected chi connectivity index (χ4v) is 3.23. The number of carbonyl (C=O) groups excluding carboxylic acids is 1. The van der Waals surface area contributed by atoms with Gasteiger partial charge in [0.2, 0.25) is 5.91 Å². The zero-order valence-corrected chi connectivity index (χ0v) is 15.4. The Morgan fingerprint density at radius 2 is 1.81 bits per heavy atom. The van der Waals surface area contributed by atoms with E-state index in [0.717, 1.165) is 24.5 Å². The molecule has 0 radical (unpaired) electrons. The first kappa shape index (κ1) is 18.0. The molecule has 0 spiro atoms. The van der Waals surface area contributed by atoms with Crippen LogP contribution in [0, 0.1) is 13.8 Å². The number of carbonyl (C=O) groups is 1. The van der Waals surface area contributed by atoms with Gasteiger partial charge in [-0.1, -0.05) is 0 Å². The zero-order valence-electron chi connectivity index (χ0n) is 15.4. The number of rotatable bonds is 4. The molecule has 1 aromatic heterocycles. The number of amides is 1. The molecule has 0 unspecified atom stereocenters. The van der Waals surface area contributed by atoms with Crippen LogP contribution in [0.25, 0.3) is 0 Å². The number of nitrogens with one attached hydrogen (secondary N) is 1. The van der Waals surface area contributed by atoms with Gasteiger partial charge < -0.3 is 19.5 Å². The molecule has 0 saturated carbocycles. The van der Waals surface area contributed by atoms with Crippen molar-refractivity contribution in [1.29, 1.82) is 0 Å². The molecule has 1 aromatic carbocycles. The summed E-state index contributed by atoms with van der Waals surface area (Å²) < 4.78 is 5.18. The number of methoxy groups -OCH3 is 1. The molecule has 0 bridgehead atoms. The van der Waals surface area contributed by atoms with Crippen molar-refractivity contribution in [2.45, 2.75) is 20.3 Å². The van der Waals surface area contributed by atoms with Gasteiger partial charge in [0.15, 0.2) is 0 Å². The Labute approximate surface area is 152 Å². The summed E-state index contributed by atoms with van der Waals surface area (Å²) in [6.45, 7) is 6.31. The summed E-state index contributed by atoms with van der Waals surface area (Å²) in [5.74, 6) is 1.37. The quantitative estimate of drug-likeness (QED) is 0.893. The topological polar surface area (TPSA) is 78.5 Å². The van der Waals surface area contributed by atoms with Crippen LogP contribution in [0.15, 0.2) is 29.1 Å². The monoisotopic (exact) mass is 356 g/mol. The van der Waals surface area contributed by atoms with Crippen LogP contribution in [0.2, 0.25) is 0 Å². The molecule has 1 fully saturated rings. The van der Waals surface area contributed by atoms with Gasteiger partial charge >= 0.3 is 0 Å². The number of anilines is 1. The van der Waals surface area contributed by atoms with Gasteiger partial charge in [-0.05, 0) is 38.1 Å². The second-order valence-electron chi connectivity index (χ2n) is 6.46. The Balaban J connectivity index is 1.61. The van der Waals surface area contributed by atoms with Crippen molar-refractivity contribution in [3.63, 3.8) is 0 Å². The maximum atomic E-state index is 12.6. The van der Waals surface area contributed by atoms with E-state index in [1.165, 1.54) is 0 Å². The molecule has 26 heavy (non-hydrogen) atoms. The third kappa shape index (κ3) is 3.87. The summed E-state index contributed by atoms with van der Waals surface area (Å²) in [4.78, 5) is 35.7. The number of aryl methyl sites for hydroxylation is 2. The SMILES string of the molecule is COc1ccc(N2CCN(C(=O)Cc3c(C)nc(C)[nH]c3=O)CC2)cc1. The lowest BCUT2D eigenvalue weighted by Crippen LogP contribution is -2.49. The second kappa shape index (κ2) is 7.59. The van der Waals surface area contributed by atoms with Crippen molar-refractivity contribution < 1.29 is 9.53 Å². The molecule has 1 N–H and O–H groups in total. The van der Waals surface area contributed by atoms with Crippen LogP contribution in [0.3, 0.4) is 0 Å². The van der Waals surface area contributed by atoms with Gasteiger partial charge in [-0.25, -0.2) is 4.98 Å². The Kier molecular flexibility index (Phi) is 5.25. The number of aromatic amines is 1. The largest absolute Gasteiger partial charge is 0.497 e. The minimum absolute atomic E-state index is 0.0290. The number of nitrogens with zero attached hydrogens (tertiary/aromatic N) is 3. The first-order chi connectivity index (χ1) is 12.5. The minimum Gasteiger partial charge on any atom is -0.497 e. The first-order valence-electron chi connectivity index (χ1n) is 8.71. The summed E-state index contributed by atoms with van der Waals surface area (Å²) in [6.07, 6.45) is 0.0942. The highest BCUT2D eigenvalue weighted by atomic mass is 16.5. The smallest absolute Gasteiger partial charge is 0.254 e. The van der Waals surface area contributed by atoms with Crippen LogP contribution in [-0.2, 0) is 11.2 Å². The highest BCUT2D eigenvalue weighted by Gasteiger charge is 2.23. The zero-order chi connectivity index (χ0) is 18.7. The molecule has 0 atom stereocenters. The third-order valence-electron chi connectivity index (χ3n) is 4.74. The fraction of sp³-hybridized carbons (Fsp3) is 0.421. The lowest BCUT2D eigenvalue weighted by atomic mass is 10.1. The molecule has 7 nitrogen and oxygen atoms in total. The molecule has 3 rings (SSSR count). The summed E-state index contributed by atoms with van der Waals surface area (Å²) in [5, 5.41) is 0. The highest BCUT2D eigenvalue weighted by Crippen LogP contribution is 2.20. The molecule has 7 heteroatoms.